The lowest BCUT2D eigenvalue weighted by atomic mass is 9.67. The minimum Gasteiger partial charge on any atom is -0.508 e. The summed E-state index contributed by atoms with van der Waals surface area (Å²) >= 11 is 3.36. The zero-order valence-electron chi connectivity index (χ0n) is 84.0. The highest BCUT2D eigenvalue weighted by molar-refractivity contribution is 9.09. The van der Waals surface area contributed by atoms with Crippen molar-refractivity contribution < 1.29 is 117 Å². The van der Waals surface area contributed by atoms with Crippen LogP contribution in [-0.4, -0.2) is 144 Å². The molecule has 8 aliphatic rings. The van der Waals surface area contributed by atoms with E-state index in [0.29, 0.717) is 108 Å². The van der Waals surface area contributed by atoms with Gasteiger partial charge in [-0.15, -0.1) is 0 Å². The van der Waals surface area contributed by atoms with Gasteiger partial charge in [-0.05, 0) is 315 Å². The first-order valence-corrected chi connectivity index (χ1v) is 49.3. The van der Waals surface area contributed by atoms with Gasteiger partial charge in [0.1, 0.15) is 91.4 Å². The minimum atomic E-state index is -1.000. The number of aliphatic carboxylic acids is 3. The van der Waals surface area contributed by atoms with E-state index in [1.165, 1.54) is 34.4 Å². The summed E-state index contributed by atoms with van der Waals surface area (Å²) < 4.78 is 50.9. The van der Waals surface area contributed by atoms with Crippen molar-refractivity contribution in [1.29, 1.82) is 10.5 Å². The summed E-state index contributed by atoms with van der Waals surface area (Å²) in [6.45, 7) is 32.5. The number of aryl methyl sites for hydroxylation is 2. The number of fused-ring (bicyclic) bond motifs is 12. The number of hydrogen-bond acceptors (Lipinski definition) is 23. The van der Waals surface area contributed by atoms with Crippen molar-refractivity contribution >= 4 is 51.7 Å². The highest BCUT2D eigenvalue weighted by Crippen LogP contribution is 2.59. The van der Waals surface area contributed by atoms with E-state index in [4.69, 9.17) is 78.7 Å². The molecular weight excluding hydrogens is 1850 g/mol. The lowest BCUT2D eigenvalue weighted by Crippen LogP contribution is -2.45. The Morgan fingerprint density at radius 1 is 0.371 bits per heavy atom. The van der Waals surface area contributed by atoms with E-state index in [9.17, 15) is 49.2 Å². The normalized spacial score (nSPS) is 19.7. The SMILES string of the molecule is CC1=CCC2[C@@H](C1)c1c(O)cc(CC(=O)O)cc1OC2(C)C.CC1=CCC2[C@@H](C1)c1c(O)cc(CC(=O)OCCCCBr)cc1OC2(C)C.CC1=CCC2[C@@H](C1)c1c(O)cc(CC(=O)OCCCCC#N)cc1OC2(C)C.CCCCOC(=O)Cc1cc(O)c2c(c1)OC(C)(C)C1CC=C(C)C[C@@H]21.COc1cc(C)cc(CC#N)c1.COc1cc(C)cc(CC(=O)O)c1.O=C(O)Cc1cc(O)cc(O)c1. The van der Waals surface area contributed by atoms with Crippen LogP contribution in [-0.2, 0) is 87.9 Å². The van der Waals surface area contributed by atoms with Crippen LogP contribution in [0.25, 0.3) is 0 Å². The Bertz CT molecular complexity index is 5760. The summed E-state index contributed by atoms with van der Waals surface area (Å²) in [7, 11) is 3.20. The molecule has 9 N–H and O–H groups in total. The van der Waals surface area contributed by atoms with Gasteiger partial charge in [-0.3, -0.25) is 28.8 Å². The number of carboxylic acids is 3. The van der Waals surface area contributed by atoms with Crippen molar-refractivity contribution in [3.8, 4) is 81.1 Å². The van der Waals surface area contributed by atoms with E-state index < -0.39 is 17.9 Å². The highest BCUT2D eigenvalue weighted by atomic mass is 79.9. The second-order valence-corrected chi connectivity index (χ2v) is 40.7. The van der Waals surface area contributed by atoms with Crippen LogP contribution in [0.1, 0.15) is 282 Å². The quantitative estimate of drug-likeness (QED) is 0.00799. The maximum Gasteiger partial charge on any atom is 0.310 e. The van der Waals surface area contributed by atoms with Crippen LogP contribution in [0.3, 0.4) is 0 Å². The average Bonchev–Trinajstić information content (AvgIpc) is 0.755. The number of aromatic hydroxyl groups is 6. The molecule has 4 heterocycles. The summed E-state index contributed by atoms with van der Waals surface area (Å²) in [5.41, 5.74) is 14.6. The van der Waals surface area contributed by atoms with Gasteiger partial charge in [0.05, 0.1) is 91.1 Å². The number of rotatable bonds is 26. The number of allylic oxidation sites excluding steroid dienone is 8. The Morgan fingerprint density at radius 3 is 0.950 bits per heavy atom. The monoisotopic (exact) mass is 1990 g/mol. The van der Waals surface area contributed by atoms with Crippen molar-refractivity contribution in [2.75, 3.05) is 39.4 Å². The van der Waals surface area contributed by atoms with E-state index in [0.717, 1.165) is 156 Å². The van der Waals surface area contributed by atoms with Crippen molar-refractivity contribution in [1.82, 2.24) is 0 Å². The number of phenols is 6. The third kappa shape index (κ3) is 31.4. The highest BCUT2D eigenvalue weighted by Gasteiger charge is 2.50. The number of carbonyl (C=O) groups is 6. The number of benzene rings is 7. The Balaban J connectivity index is 0.000000187. The zero-order chi connectivity index (χ0) is 103. The van der Waals surface area contributed by atoms with E-state index >= 15 is 0 Å². The van der Waals surface area contributed by atoms with Crippen LogP contribution < -0.4 is 28.4 Å². The Morgan fingerprint density at radius 2 is 0.657 bits per heavy atom. The van der Waals surface area contributed by atoms with Crippen LogP contribution in [0.5, 0.6) is 69.0 Å². The fraction of sp³-hybridized carbons (Fsp3) is 0.487. The fourth-order valence-corrected chi connectivity index (χ4v) is 20.6. The van der Waals surface area contributed by atoms with E-state index in [-0.39, 0.29) is 137 Å². The number of methoxy groups -OCH3 is 2. The van der Waals surface area contributed by atoms with E-state index in [2.05, 4.69) is 142 Å². The molecule has 0 radical (unpaired) electrons. The molecule has 0 saturated heterocycles. The molecule has 0 saturated carbocycles. The van der Waals surface area contributed by atoms with E-state index in [1.54, 1.807) is 50.6 Å². The zero-order valence-corrected chi connectivity index (χ0v) is 85.6. The number of esters is 3. The lowest BCUT2D eigenvalue weighted by Gasteiger charge is -2.47. The van der Waals surface area contributed by atoms with Crippen LogP contribution in [0, 0.1) is 60.2 Å². The maximum atomic E-state index is 12.1. The number of alkyl halides is 1. The molecule has 4 unspecified atom stereocenters. The summed E-state index contributed by atoms with van der Waals surface area (Å²) in [5.74, 6) is 3.49. The molecule has 7 aromatic rings. The number of halogens is 1. The topological polar surface area (TPSA) is 415 Å². The van der Waals surface area contributed by atoms with Gasteiger partial charge in [0.2, 0.25) is 0 Å². The van der Waals surface area contributed by atoms with Crippen LogP contribution in [0.15, 0.2) is 150 Å². The van der Waals surface area contributed by atoms with Gasteiger partial charge in [-0.2, -0.15) is 10.5 Å². The van der Waals surface area contributed by atoms with Gasteiger partial charge in [0.15, 0.2) is 0 Å². The van der Waals surface area contributed by atoms with Crippen molar-refractivity contribution in [3.05, 3.63) is 222 Å². The van der Waals surface area contributed by atoms with Gasteiger partial charge in [0, 0.05) is 87.4 Å². The molecule has 140 heavy (non-hydrogen) atoms. The number of nitriles is 2. The molecule has 4 aliphatic carbocycles. The third-order valence-corrected chi connectivity index (χ3v) is 27.4. The number of carbonyl (C=O) groups excluding carboxylic acids is 3. The van der Waals surface area contributed by atoms with Gasteiger partial charge in [-0.1, -0.05) is 88.0 Å². The number of hydrogen-bond donors (Lipinski definition) is 9. The van der Waals surface area contributed by atoms with Crippen LogP contribution in [0.2, 0.25) is 0 Å². The van der Waals surface area contributed by atoms with Gasteiger partial charge in [0.25, 0.3) is 0 Å². The molecule has 0 fully saturated rings. The molecule has 0 amide bonds. The van der Waals surface area contributed by atoms with Gasteiger partial charge in [-0.25, -0.2) is 0 Å². The van der Waals surface area contributed by atoms with Gasteiger partial charge >= 0.3 is 35.8 Å². The molecular formula is C113H141BrN2O24. The lowest BCUT2D eigenvalue weighted by molar-refractivity contribution is -0.143. The molecule has 4 aliphatic heterocycles. The fourth-order valence-electron chi connectivity index (χ4n) is 20.2. The second-order valence-electron chi connectivity index (χ2n) is 39.9. The minimum absolute atomic E-state index is 0.0397. The van der Waals surface area contributed by atoms with Crippen molar-refractivity contribution in [2.45, 2.75) is 291 Å². The molecule has 27 heteroatoms. The average molecular weight is 1990 g/mol. The first kappa shape index (κ1) is 111. The van der Waals surface area contributed by atoms with E-state index in [1.807, 2.05) is 62.4 Å². The van der Waals surface area contributed by atoms with Crippen LogP contribution in [0.4, 0.5) is 0 Å². The summed E-state index contributed by atoms with van der Waals surface area (Å²) in [4.78, 5) is 67.8. The van der Waals surface area contributed by atoms with Crippen molar-refractivity contribution in [2.24, 2.45) is 23.7 Å². The Labute approximate surface area is 832 Å². The molecule has 0 spiro atoms. The smallest absolute Gasteiger partial charge is 0.310 e. The number of carboxylic acid groups (broad SMARTS) is 3. The molecule has 15 rings (SSSR count). The predicted molar refractivity (Wildman–Crippen MR) is 538 cm³/mol. The Kier molecular flexibility index (Phi) is 40.0. The Hall–Kier alpha value is -12.6. The molecule has 0 bridgehead atoms. The predicted octanol–water partition coefficient (Wildman–Crippen LogP) is 23.0. The number of ether oxygens (including phenoxy) is 9. The second kappa shape index (κ2) is 50.5. The number of nitrogens with zero attached hydrogens (tertiary/aromatic N) is 2. The molecule has 26 nitrogen and oxygen atoms in total. The molecule has 754 valence electrons. The summed E-state index contributed by atoms with van der Waals surface area (Å²) in [5, 5.41) is 104. The molecule has 8 atom stereocenters. The van der Waals surface area contributed by atoms with Crippen molar-refractivity contribution in [3.63, 3.8) is 0 Å². The molecule has 0 aromatic heterocycles. The summed E-state index contributed by atoms with van der Waals surface area (Å²) in [6.07, 6.45) is 22.8. The third-order valence-electron chi connectivity index (χ3n) is 26.8. The first-order chi connectivity index (χ1) is 66.2. The van der Waals surface area contributed by atoms with Gasteiger partial charge < -0.3 is 88.6 Å². The summed E-state index contributed by atoms with van der Waals surface area (Å²) in [6, 6.07) is 33.3. The number of phenolic OH excluding ortho intramolecular Hbond substituents is 6. The standard InChI is InChI=1S/C23H29NO4.C22H29BrO4.C22H30O4.C18H22O4.C10H11NO.C10H12O3.C8H8O4/c1-15-7-8-18-17(11-15)22-19(25)12-16(13-20(22)28-23(18,2)3)14-21(26)27-10-6-4-5-9-24;1-14-6-7-17-16(10-14)21-18(24)11-15(12-19(21)27-22(17,2)3)13-20(25)26-9-5-4-8-23;1-5-6-9-25-20(24)13-15-11-18(23)21-16-10-14(2)7-8-17(16)22(3,4)26-19(21)12-15;1-10-4-5-13-12(6-10)17-14(19)7-11(9-16(20)21)8-15(17)22-18(13,2)3;1-8-5-9(3-4-11)7-10(6-8)12-2;1-7-3-8(6-10(11)12)5-9(4-7)13-2;9-6-1-5(3-8(11)12)2-7(10)4-6/h7,12-13,17-18,25H,4-6,8,10-11,14H2,1-3H3;6,11-12,16-17,24H,4-5,7-10,13H2,1-3H3;7,11-12,16-17,23H,5-6,8-10,13H2,1-4H3;4,7-8,12-13,19H,5-6,9H2,1-3H3,(H,20,21);5-7H,3H2,1-2H3;3-5H,6H2,1-2H3,(H,11,12);1-2,4,9-10H,3H2,(H,11,12)/t17-,18?;2*16-,17?;12-,13?;;;/m1111.../s1. The molecule has 7 aromatic carbocycles. The maximum absolute atomic E-state index is 12.1. The number of unbranched alkanes of at least 4 members (excludes halogenated alkanes) is 4. The first-order valence-electron chi connectivity index (χ1n) is 48.2. The van der Waals surface area contributed by atoms with Crippen LogP contribution >= 0.6 is 15.9 Å². The largest absolute Gasteiger partial charge is 0.508 e.